The first-order valence-electron chi connectivity index (χ1n) is 9.39. The van der Waals surface area contributed by atoms with E-state index in [1.165, 1.54) is 6.07 Å². The molecule has 0 heterocycles. The third-order valence-corrected chi connectivity index (χ3v) is 4.68. The Labute approximate surface area is 168 Å². The van der Waals surface area contributed by atoms with Gasteiger partial charge in [0.2, 0.25) is 0 Å². The fraction of sp³-hybridized carbons (Fsp3) is 0.429. The summed E-state index contributed by atoms with van der Waals surface area (Å²) in [6.45, 7) is 7.78. The number of halogens is 3. The summed E-state index contributed by atoms with van der Waals surface area (Å²) in [7, 11) is 0. The molecule has 8 heteroatoms. The summed E-state index contributed by atoms with van der Waals surface area (Å²) in [5, 5.41) is 13.9. The Balaban J connectivity index is 1.95. The maximum absolute atomic E-state index is 13.1. The van der Waals surface area contributed by atoms with Gasteiger partial charge in [0.05, 0.1) is 11.0 Å². The van der Waals surface area contributed by atoms with E-state index in [1.807, 2.05) is 32.1 Å². The maximum atomic E-state index is 13.1. The fourth-order valence-corrected chi connectivity index (χ4v) is 3.39. The first-order valence-corrected chi connectivity index (χ1v) is 9.39. The molecule has 1 aliphatic rings. The second-order valence-corrected chi connectivity index (χ2v) is 7.08. The predicted molar refractivity (Wildman–Crippen MR) is 107 cm³/mol. The number of rotatable bonds is 7. The molecule has 29 heavy (non-hydrogen) atoms. The van der Waals surface area contributed by atoms with Crippen LogP contribution in [-0.4, -0.2) is 17.1 Å². The van der Waals surface area contributed by atoms with Crippen molar-refractivity contribution in [2.24, 2.45) is 0 Å². The second-order valence-electron chi connectivity index (χ2n) is 7.08. The fourth-order valence-electron chi connectivity index (χ4n) is 3.39. The first kappa shape index (κ1) is 22.5. The van der Waals surface area contributed by atoms with E-state index in [2.05, 4.69) is 11.9 Å². The van der Waals surface area contributed by atoms with Crippen LogP contribution in [0.25, 0.3) is 0 Å². The van der Waals surface area contributed by atoms with Crippen molar-refractivity contribution in [2.75, 3.05) is 5.32 Å². The number of allylic oxidation sites excluding steroid dienone is 4. The summed E-state index contributed by atoms with van der Waals surface area (Å²) in [5.74, 6) is 0.585. The van der Waals surface area contributed by atoms with Crippen molar-refractivity contribution >= 4 is 11.4 Å². The molecule has 1 aromatic rings. The molecule has 0 atom stereocenters. The van der Waals surface area contributed by atoms with Gasteiger partial charge < -0.3 is 10.1 Å². The number of nitro benzene ring substituents is 1. The molecule has 0 aromatic heterocycles. The molecule has 0 amide bonds. The molecule has 1 aromatic carbocycles. The molecule has 1 saturated carbocycles. The Morgan fingerprint density at radius 2 is 1.97 bits per heavy atom. The summed E-state index contributed by atoms with van der Waals surface area (Å²) in [5.41, 5.74) is -0.933. The van der Waals surface area contributed by atoms with Crippen LogP contribution in [0.4, 0.5) is 24.5 Å². The molecule has 1 fully saturated rings. The van der Waals surface area contributed by atoms with Crippen LogP contribution in [0, 0.1) is 10.1 Å². The molecule has 158 valence electrons. The predicted octanol–water partition coefficient (Wildman–Crippen LogP) is 6.39. The largest absolute Gasteiger partial charge is 0.491 e. The van der Waals surface area contributed by atoms with E-state index in [0.717, 1.165) is 30.5 Å². The molecule has 5 nitrogen and oxygen atoms in total. The minimum atomic E-state index is -4.79. The molecule has 1 N–H and O–H groups in total. The highest BCUT2D eigenvalue weighted by Crippen LogP contribution is 2.38. The lowest BCUT2D eigenvalue weighted by Gasteiger charge is -2.30. The van der Waals surface area contributed by atoms with Crippen LogP contribution in [0.5, 0.6) is 0 Å². The van der Waals surface area contributed by atoms with E-state index < -0.39 is 22.4 Å². The molecular formula is C21H25F3N2O3. The van der Waals surface area contributed by atoms with Gasteiger partial charge in [-0.05, 0) is 63.3 Å². The molecule has 0 bridgehead atoms. The normalized spacial score (nSPS) is 20.5. The lowest BCUT2D eigenvalue weighted by Crippen LogP contribution is -2.29. The van der Waals surface area contributed by atoms with E-state index in [1.54, 1.807) is 0 Å². The van der Waals surface area contributed by atoms with E-state index >= 15 is 0 Å². The van der Waals surface area contributed by atoms with Gasteiger partial charge in [-0.15, -0.1) is 0 Å². The lowest BCUT2D eigenvalue weighted by atomic mass is 9.92. The lowest BCUT2D eigenvalue weighted by molar-refractivity contribution is -0.388. The van der Waals surface area contributed by atoms with E-state index in [0.29, 0.717) is 18.6 Å². The average Bonchev–Trinajstić information content (AvgIpc) is 2.62. The van der Waals surface area contributed by atoms with E-state index in [9.17, 15) is 23.3 Å². The van der Waals surface area contributed by atoms with Crippen LogP contribution in [0.15, 0.2) is 54.3 Å². The van der Waals surface area contributed by atoms with Crippen molar-refractivity contribution in [1.82, 2.24) is 0 Å². The Bertz CT molecular complexity index is 808. The highest BCUT2D eigenvalue weighted by Gasteiger charge is 2.38. The van der Waals surface area contributed by atoms with Gasteiger partial charge in [0.25, 0.3) is 5.69 Å². The molecule has 1 aliphatic carbocycles. The molecular weight excluding hydrogens is 385 g/mol. The molecule has 0 aliphatic heterocycles. The van der Waals surface area contributed by atoms with Crippen molar-refractivity contribution in [3.63, 3.8) is 0 Å². The van der Waals surface area contributed by atoms with Gasteiger partial charge in [0.15, 0.2) is 0 Å². The van der Waals surface area contributed by atoms with Gasteiger partial charge in [-0.1, -0.05) is 18.7 Å². The molecule has 0 unspecified atom stereocenters. The highest BCUT2D eigenvalue weighted by atomic mass is 19.4. The van der Waals surface area contributed by atoms with Gasteiger partial charge in [0, 0.05) is 17.8 Å². The number of nitrogens with zero attached hydrogens (tertiary/aromatic N) is 1. The molecule has 0 radical (unpaired) electrons. The minimum absolute atomic E-state index is 0.0119. The quantitative estimate of drug-likeness (QED) is 0.245. The number of alkyl halides is 3. The topological polar surface area (TPSA) is 64.4 Å². The van der Waals surface area contributed by atoms with Crippen LogP contribution >= 0.6 is 0 Å². The smallest absolute Gasteiger partial charge is 0.423 e. The van der Waals surface area contributed by atoms with Crippen LogP contribution in [-0.2, 0) is 10.9 Å². The Morgan fingerprint density at radius 1 is 1.31 bits per heavy atom. The third-order valence-electron chi connectivity index (χ3n) is 4.68. The SMILES string of the molecule is C=C(/C=C(C)\C=C/C)OC1CCC(Nc2ccc([N+](=O)[O-])c(C(F)(F)F)c2)CC1. The zero-order valence-electron chi connectivity index (χ0n) is 16.5. The summed E-state index contributed by atoms with van der Waals surface area (Å²) in [6, 6.07) is 2.99. The monoisotopic (exact) mass is 410 g/mol. The van der Waals surface area contributed by atoms with E-state index in [4.69, 9.17) is 4.74 Å². The maximum Gasteiger partial charge on any atom is 0.423 e. The Kier molecular flexibility index (Phi) is 7.47. The standard InChI is InChI=1S/C21H25F3N2O3/c1-4-5-14(2)12-15(3)29-18-9-6-16(7-10-18)25-17-8-11-20(26(27)28)19(13-17)21(22,23)24/h4-5,8,11-13,16,18,25H,3,6-7,9-10H2,1-2H3/b5-4-,14-12-. The van der Waals surface area contributed by atoms with Crippen molar-refractivity contribution in [2.45, 2.75) is 57.9 Å². The van der Waals surface area contributed by atoms with Gasteiger partial charge in [-0.25, -0.2) is 0 Å². The van der Waals surface area contributed by atoms with Crippen molar-refractivity contribution in [3.8, 4) is 0 Å². The number of anilines is 1. The minimum Gasteiger partial charge on any atom is -0.491 e. The third kappa shape index (κ3) is 6.66. The van der Waals surface area contributed by atoms with Crippen LogP contribution in [0.3, 0.4) is 0 Å². The summed E-state index contributed by atoms with van der Waals surface area (Å²) in [4.78, 5) is 9.83. The summed E-state index contributed by atoms with van der Waals surface area (Å²) >= 11 is 0. The Morgan fingerprint density at radius 3 is 2.52 bits per heavy atom. The number of hydrogen-bond acceptors (Lipinski definition) is 4. The molecule has 0 saturated heterocycles. The summed E-state index contributed by atoms with van der Waals surface area (Å²) < 4.78 is 45.2. The van der Waals surface area contributed by atoms with Gasteiger partial charge in [-0.2, -0.15) is 13.2 Å². The molecule has 2 rings (SSSR count). The zero-order valence-corrected chi connectivity index (χ0v) is 16.5. The second kappa shape index (κ2) is 9.62. The Hall–Kier alpha value is -2.77. The van der Waals surface area contributed by atoms with Crippen molar-refractivity contribution < 1.29 is 22.8 Å². The van der Waals surface area contributed by atoms with Crippen molar-refractivity contribution in [3.05, 3.63) is 70.0 Å². The van der Waals surface area contributed by atoms with Crippen molar-refractivity contribution in [1.29, 1.82) is 0 Å². The van der Waals surface area contributed by atoms with Gasteiger partial charge >= 0.3 is 6.18 Å². The average molecular weight is 410 g/mol. The number of benzene rings is 1. The molecule has 0 spiro atoms. The van der Waals surface area contributed by atoms with Crippen LogP contribution < -0.4 is 5.32 Å². The highest BCUT2D eigenvalue weighted by molar-refractivity contribution is 5.55. The number of nitro groups is 1. The zero-order chi connectivity index (χ0) is 21.6. The van der Waals surface area contributed by atoms with Crippen LogP contribution in [0.2, 0.25) is 0 Å². The number of nitrogens with one attached hydrogen (secondary N) is 1. The number of ether oxygens (including phenoxy) is 1. The van der Waals surface area contributed by atoms with E-state index in [-0.39, 0.29) is 17.8 Å². The number of hydrogen-bond donors (Lipinski definition) is 1. The first-order chi connectivity index (χ1) is 13.6. The van der Waals surface area contributed by atoms with Gasteiger partial charge in [-0.3, -0.25) is 10.1 Å². The van der Waals surface area contributed by atoms with Gasteiger partial charge in [0.1, 0.15) is 11.3 Å². The summed E-state index contributed by atoms with van der Waals surface area (Å²) in [6.07, 6.45) is 3.88. The van der Waals surface area contributed by atoms with Crippen LogP contribution in [0.1, 0.15) is 45.1 Å².